The fourth-order valence-electron chi connectivity index (χ4n) is 3.08. The van der Waals surface area contributed by atoms with Crippen LogP contribution >= 0.6 is 23.4 Å². The highest BCUT2D eigenvalue weighted by Gasteiger charge is 2.27. The fourth-order valence-corrected chi connectivity index (χ4v) is 4.36. The minimum atomic E-state index is -0.673. The number of thioether (sulfide) groups is 1. The third-order valence-electron chi connectivity index (χ3n) is 4.64. The van der Waals surface area contributed by atoms with Crippen molar-refractivity contribution in [2.45, 2.75) is 51.1 Å². The van der Waals surface area contributed by atoms with Gasteiger partial charge in [0.1, 0.15) is 17.0 Å². The first-order valence-corrected chi connectivity index (χ1v) is 11.8. The van der Waals surface area contributed by atoms with Gasteiger partial charge in [0.25, 0.3) is 0 Å². The van der Waals surface area contributed by atoms with Crippen molar-refractivity contribution >= 4 is 35.4 Å². The number of amides is 2. The molecule has 0 spiro atoms. The Kier molecular flexibility index (Phi) is 7.91. The van der Waals surface area contributed by atoms with Crippen LogP contribution in [0.4, 0.5) is 4.79 Å². The molecule has 33 heavy (non-hydrogen) atoms. The number of aromatic hydroxyl groups is 1. The quantitative estimate of drug-likeness (QED) is 0.551. The van der Waals surface area contributed by atoms with Gasteiger partial charge in [-0.25, -0.2) is 9.78 Å². The van der Waals surface area contributed by atoms with E-state index >= 15 is 0 Å². The molecule has 1 aliphatic rings. The summed E-state index contributed by atoms with van der Waals surface area (Å²) in [6, 6.07) is 4.85. The molecular weight excluding hydrogens is 468 g/mol. The van der Waals surface area contributed by atoms with Crippen LogP contribution in [0.2, 0.25) is 5.02 Å². The molecule has 0 saturated carbocycles. The Labute approximate surface area is 201 Å². The van der Waals surface area contributed by atoms with Gasteiger partial charge in [-0.3, -0.25) is 14.7 Å². The fraction of sp³-hybridized carbons (Fsp3) is 0.455. The average Bonchev–Trinajstić information content (AvgIpc) is 3.17. The molecule has 2 aromatic rings. The van der Waals surface area contributed by atoms with Gasteiger partial charge < -0.3 is 19.9 Å². The standard InChI is InChI=1S/C22H27ClN4O5S/c1-22(2,3)32-21(30)27(12-33-18-9-8-17(29)26-18)11-15-20(31-4)25-14(10-24-15)13-6-5-7-16(28)19(13)23/h5-7,10,18,28H,8-9,11-12H2,1-4H3,(H,26,29)/t18-/m1/s1. The maximum atomic E-state index is 12.9. The number of aromatic nitrogens is 2. The molecule has 1 aromatic carbocycles. The summed E-state index contributed by atoms with van der Waals surface area (Å²) < 4.78 is 11.0. The number of hydrogen-bond acceptors (Lipinski definition) is 8. The largest absolute Gasteiger partial charge is 0.506 e. The van der Waals surface area contributed by atoms with E-state index in [1.807, 2.05) is 0 Å². The number of ether oxygens (including phenoxy) is 2. The number of phenols is 1. The first-order valence-electron chi connectivity index (χ1n) is 10.3. The van der Waals surface area contributed by atoms with E-state index in [1.54, 1.807) is 32.9 Å². The van der Waals surface area contributed by atoms with E-state index in [9.17, 15) is 14.7 Å². The third-order valence-corrected chi connectivity index (χ3v) is 6.25. The number of methoxy groups -OCH3 is 1. The van der Waals surface area contributed by atoms with Gasteiger partial charge in [0.2, 0.25) is 11.8 Å². The van der Waals surface area contributed by atoms with Crippen molar-refractivity contribution in [1.29, 1.82) is 0 Å². The molecule has 0 unspecified atom stereocenters. The number of nitrogens with one attached hydrogen (secondary N) is 1. The van der Waals surface area contributed by atoms with Gasteiger partial charge in [0.15, 0.2) is 0 Å². The molecule has 1 aliphatic heterocycles. The highest BCUT2D eigenvalue weighted by Crippen LogP contribution is 2.34. The molecule has 0 bridgehead atoms. The van der Waals surface area contributed by atoms with Crippen LogP contribution in [0, 0.1) is 0 Å². The van der Waals surface area contributed by atoms with Gasteiger partial charge in [-0.05, 0) is 33.3 Å². The predicted octanol–water partition coefficient (Wildman–Crippen LogP) is 4.18. The van der Waals surface area contributed by atoms with Gasteiger partial charge in [0.05, 0.1) is 41.8 Å². The summed E-state index contributed by atoms with van der Waals surface area (Å²) in [5, 5.41) is 12.9. The second kappa shape index (κ2) is 10.5. The van der Waals surface area contributed by atoms with Crippen LogP contribution in [0.25, 0.3) is 11.3 Å². The summed E-state index contributed by atoms with van der Waals surface area (Å²) in [5.74, 6) is 0.445. The average molecular weight is 495 g/mol. The highest BCUT2D eigenvalue weighted by atomic mass is 35.5. The van der Waals surface area contributed by atoms with E-state index in [0.29, 0.717) is 29.8 Å². The van der Waals surface area contributed by atoms with Crippen LogP contribution in [0.1, 0.15) is 39.3 Å². The van der Waals surface area contributed by atoms with Crippen LogP contribution in [0.15, 0.2) is 24.4 Å². The van der Waals surface area contributed by atoms with Crippen molar-refractivity contribution in [1.82, 2.24) is 20.2 Å². The molecule has 1 aromatic heterocycles. The molecule has 3 rings (SSSR count). The summed E-state index contributed by atoms with van der Waals surface area (Å²) in [4.78, 5) is 34.8. The number of hydrogen-bond donors (Lipinski definition) is 2. The molecule has 9 nitrogen and oxygen atoms in total. The van der Waals surface area contributed by atoms with Crippen molar-refractivity contribution in [2.75, 3.05) is 13.0 Å². The summed E-state index contributed by atoms with van der Waals surface area (Å²) in [5.41, 5.74) is 0.682. The lowest BCUT2D eigenvalue weighted by atomic mass is 10.1. The van der Waals surface area contributed by atoms with Crippen LogP contribution < -0.4 is 10.1 Å². The van der Waals surface area contributed by atoms with Gasteiger partial charge >= 0.3 is 6.09 Å². The molecule has 0 aliphatic carbocycles. The van der Waals surface area contributed by atoms with E-state index in [1.165, 1.54) is 36.0 Å². The predicted molar refractivity (Wildman–Crippen MR) is 126 cm³/mol. The normalized spacial score (nSPS) is 15.8. The second-order valence-electron chi connectivity index (χ2n) is 8.42. The van der Waals surface area contributed by atoms with E-state index in [-0.39, 0.29) is 40.4 Å². The second-order valence-corrected chi connectivity index (χ2v) is 9.96. The first kappa shape index (κ1) is 24.9. The number of halogens is 1. The minimum absolute atomic E-state index is 0.00468. The molecule has 0 radical (unpaired) electrons. The number of rotatable bonds is 7. The topological polar surface area (TPSA) is 114 Å². The molecule has 11 heteroatoms. The molecule has 1 saturated heterocycles. The Morgan fingerprint density at radius 3 is 2.79 bits per heavy atom. The third kappa shape index (κ3) is 6.64. The zero-order chi connectivity index (χ0) is 24.2. The molecule has 2 amide bonds. The Balaban J connectivity index is 1.83. The molecule has 2 heterocycles. The Bertz CT molecular complexity index is 1030. The van der Waals surface area contributed by atoms with Crippen molar-refractivity contribution in [3.05, 3.63) is 35.1 Å². The Hall–Kier alpha value is -2.72. The van der Waals surface area contributed by atoms with Crippen molar-refractivity contribution in [3.8, 4) is 22.9 Å². The lowest BCUT2D eigenvalue weighted by Gasteiger charge is -2.28. The van der Waals surface area contributed by atoms with Crippen LogP contribution in [-0.4, -0.2) is 55.9 Å². The zero-order valence-electron chi connectivity index (χ0n) is 18.9. The number of benzene rings is 1. The van der Waals surface area contributed by atoms with Crippen LogP contribution in [0.5, 0.6) is 11.6 Å². The van der Waals surface area contributed by atoms with E-state index < -0.39 is 11.7 Å². The molecular formula is C22H27ClN4O5S. The zero-order valence-corrected chi connectivity index (χ0v) is 20.5. The van der Waals surface area contributed by atoms with Crippen molar-refractivity contribution < 1.29 is 24.2 Å². The number of phenolic OH excluding ortho intramolecular Hbond substituents is 1. The van der Waals surface area contributed by atoms with Crippen molar-refractivity contribution in [2.24, 2.45) is 0 Å². The highest BCUT2D eigenvalue weighted by molar-refractivity contribution is 7.99. The maximum absolute atomic E-state index is 12.9. The van der Waals surface area contributed by atoms with Gasteiger partial charge in [-0.1, -0.05) is 23.7 Å². The molecule has 1 atom stereocenters. The Morgan fingerprint density at radius 1 is 1.39 bits per heavy atom. The first-order chi connectivity index (χ1) is 15.6. The van der Waals surface area contributed by atoms with E-state index in [0.717, 1.165) is 0 Å². The molecule has 2 N–H and O–H groups in total. The van der Waals surface area contributed by atoms with Crippen LogP contribution in [0.3, 0.4) is 0 Å². The lowest BCUT2D eigenvalue weighted by Crippen LogP contribution is -2.37. The van der Waals surface area contributed by atoms with E-state index in [4.69, 9.17) is 21.1 Å². The van der Waals surface area contributed by atoms with Crippen molar-refractivity contribution in [3.63, 3.8) is 0 Å². The van der Waals surface area contributed by atoms with Gasteiger partial charge in [-0.15, -0.1) is 11.8 Å². The molecule has 1 fully saturated rings. The summed E-state index contributed by atoms with van der Waals surface area (Å²) in [6.07, 6.45) is 2.18. The number of carbonyl (C=O) groups is 2. The lowest BCUT2D eigenvalue weighted by molar-refractivity contribution is -0.119. The summed E-state index contributed by atoms with van der Waals surface area (Å²) in [7, 11) is 1.46. The minimum Gasteiger partial charge on any atom is -0.506 e. The SMILES string of the molecule is COc1nc(-c2cccc(O)c2Cl)cnc1CN(CS[C@@H]1CCC(=O)N1)C(=O)OC(C)(C)C. The van der Waals surface area contributed by atoms with Gasteiger partial charge in [-0.2, -0.15) is 0 Å². The molecule has 178 valence electrons. The summed E-state index contributed by atoms with van der Waals surface area (Å²) >= 11 is 7.65. The number of nitrogens with zero attached hydrogens (tertiary/aromatic N) is 3. The van der Waals surface area contributed by atoms with E-state index in [2.05, 4.69) is 15.3 Å². The van der Waals surface area contributed by atoms with Crippen LogP contribution in [-0.2, 0) is 16.1 Å². The Morgan fingerprint density at radius 2 is 2.15 bits per heavy atom. The summed E-state index contributed by atoms with van der Waals surface area (Å²) in [6.45, 7) is 5.47. The smallest absolute Gasteiger partial charge is 0.411 e. The maximum Gasteiger partial charge on any atom is 0.411 e. The van der Waals surface area contributed by atoms with Gasteiger partial charge in [0, 0.05) is 12.0 Å². The monoisotopic (exact) mass is 494 g/mol. The number of carbonyl (C=O) groups excluding carboxylic acids is 2.